The number of likely N-dealkylation sites (N-methyl/N-ethyl adjacent to an activating group) is 1. The van der Waals surface area contributed by atoms with Crippen LogP contribution in [0.15, 0.2) is 0 Å². The highest BCUT2D eigenvalue weighted by Crippen LogP contribution is 2.46. The first-order chi connectivity index (χ1) is 8.62. The molecule has 2 heteroatoms. The standard InChI is InChI=1S/C17H36N2/c1-13(2)8-15(4)19(7)17(12-18)10-14(3)9-16(5,6)11-17/h13-15H,8-12,18H2,1-7H3. The first-order valence-electron chi connectivity index (χ1n) is 8.05. The Labute approximate surface area is 121 Å². The van der Waals surface area contributed by atoms with Crippen LogP contribution in [0.4, 0.5) is 0 Å². The molecule has 2 nitrogen and oxygen atoms in total. The molecular weight excluding hydrogens is 232 g/mol. The quantitative estimate of drug-likeness (QED) is 0.819. The van der Waals surface area contributed by atoms with Gasteiger partial charge in [-0.3, -0.25) is 4.90 Å². The van der Waals surface area contributed by atoms with E-state index in [1.807, 2.05) is 0 Å². The fourth-order valence-corrected chi connectivity index (χ4v) is 4.58. The zero-order valence-corrected chi connectivity index (χ0v) is 14.3. The van der Waals surface area contributed by atoms with Gasteiger partial charge >= 0.3 is 0 Å². The summed E-state index contributed by atoms with van der Waals surface area (Å²) in [4.78, 5) is 2.60. The van der Waals surface area contributed by atoms with Gasteiger partial charge in [0.1, 0.15) is 0 Å². The Bertz CT molecular complexity index is 285. The number of hydrogen-bond acceptors (Lipinski definition) is 2. The van der Waals surface area contributed by atoms with Crippen LogP contribution in [0.25, 0.3) is 0 Å². The first-order valence-corrected chi connectivity index (χ1v) is 8.05. The lowest BCUT2D eigenvalue weighted by atomic mass is 9.63. The summed E-state index contributed by atoms with van der Waals surface area (Å²) >= 11 is 0. The van der Waals surface area contributed by atoms with Gasteiger partial charge in [0.25, 0.3) is 0 Å². The molecule has 0 spiro atoms. The van der Waals surface area contributed by atoms with Gasteiger partial charge in [-0.15, -0.1) is 0 Å². The molecule has 3 unspecified atom stereocenters. The minimum absolute atomic E-state index is 0.204. The lowest BCUT2D eigenvalue weighted by molar-refractivity contribution is -0.0199. The average Bonchev–Trinajstić information content (AvgIpc) is 2.24. The third-order valence-electron chi connectivity index (χ3n) is 5.04. The molecule has 19 heavy (non-hydrogen) atoms. The number of nitrogens with two attached hydrogens (primary N) is 1. The zero-order chi connectivity index (χ0) is 14.8. The highest BCUT2D eigenvalue weighted by Gasteiger charge is 2.45. The maximum atomic E-state index is 6.25. The first kappa shape index (κ1) is 17.0. The number of rotatable bonds is 5. The molecule has 0 aromatic heterocycles. The Hall–Kier alpha value is -0.0800. The van der Waals surface area contributed by atoms with Crippen molar-refractivity contribution in [3.8, 4) is 0 Å². The molecule has 1 saturated carbocycles. The van der Waals surface area contributed by atoms with E-state index in [1.54, 1.807) is 0 Å². The number of hydrogen-bond donors (Lipinski definition) is 1. The molecule has 114 valence electrons. The molecule has 0 radical (unpaired) electrons. The van der Waals surface area contributed by atoms with Crippen LogP contribution in [-0.4, -0.2) is 30.1 Å². The Morgan fingerprint density at radius 3 is 2.21 bits per heavy atom. The van der Waals surface area contributed by atoms with Gasteiger partial charge in [-0.1, -0.05) is 34.6 Å². The van der Waals surface area contributed by atoms with Crippen LogP contribution in [0.2, 0.25) is 0 Å². The van der Waals surface area contributed by atoms with E-state index >= 15 is 0 Å². The number of nitrogens with zero attached hydrogens (tertiary/aromatic N) is 1. The van der Waals surface area contributed by atoms with E-state index in [0.29, 0.717) is 11.5 Å². The third kappa shape index (κ3) is 4.19. The Balaban J connectivity index is 2.89. The van der Waals surface area contributed by atoms with Crippen LogP contribution >= 0.6 is 0 Å². The third-order valence-corrected chi connectivity index (χ3v) is 5.04. The van der Waals surface area contributed by atoms with Crippen LogP contribution in [0.1, 0.15) is 67.2 Å². The highest BCUT2D eigenvalue weighted by molar-refractivity contribution is 5.01. The van der Waals surface area contributed by atoms with Gasteiger partial charge in [-0.05, 0) is 56.9 Å². The van der Waals surface area contributed by atoms with Crippen molar-refractivity contribution in [1.82, 2.24) is 4.90 Å². The predicted octanol–water partition coefficient (Wildman–Crippen LogP) is 3.90. The molecule has 0 aromatic carbocycles. The fraction of sp³-hybridized carbons (Fsp3) is 1.00. The van der Waals surface area contributed by atoms with Gasteiger partial charge in [0, 0.05) is 18.1 Å². The molecule has 0 aliphatic heterocycles. The molecule has 1 rings (SSSR count). The monoisotopic (exact) mass is 268 g/mol. The van der Waals surface area contributed by atoms with Crippen molar-refractivity contribution in [1.29, 1.82) is 0 Å². The second-order valence-electron chi connectivity index (χ2n) is 8.37. The van der Waals surface area contributed by atoms with E-state index < -0.39 is 0 Å². The van der Waals surface area contributed by atoms with Crippen molar-refractivity contribution < 1.29 is 0 Å². The smallest absolute Gasteiger partial charge is 0.0339 e. The lowest BCUT2D eigenvalue weighted by Crippen LogP contribution is -2.60. The SMILES string of the molecule is CC(C)CC(C)N(C)C1(CN)CC(C)CC(C)(C)C1. The molecule has 0 heterocycles. The van der Waals surface area contributed by atoms with E-state index in [4.69, 9.17) is 5.73 Å². The largest absolute Gasteiger partial charge is 0.329 e. The topological polar surface area (TPSA) is 29.3 Å². The second kappa shape index (κ2) is 6.13. The minimum Gasteiger partial charge on any atom is -0.329 e. The van der Waals surface area contributed by atoms with Gasteiger partial charge in [-0.2, -0.15) is 0 Å². The van der Waals surface area contributed by atoms with Gasteiger partial charge in [0.15, 0.2) is 0 Å². The van der Waals surface area contributed by atoms with Gasteiger partial charge < -0.3 is 5.73 Å². The average molecular weight is 268 g/mol. The van der Waals surface area contributed by atoms with E-state index in [1.165, 1.54) is 25.7 Å². The zero-order valence-electron chi connectivity index (χ0n) is 14.3. The molecule has 0 saturated heterocycles. The lowest BCUT2D eigenvalue weighted by Gasteiger charge is -2.53. The Morgan fingerprint density at radius 2 is 1.79 bits per heavy atom. The van der Waals surface area contributed by atoms with Crippen molar-refractivity contribution in [2.24, 2.45) is 23.0 Å². The van der Waals surface area contributed by atoms with E-state index in [9.17, 15) is 0 Å². The highest BCUT2D eigenvalue weighted by atomic mass is 15.2. The molecule has 2 N–H and O–H groups in total. The van der Waals surface area contributed by atoms with Crippen molar-refractivity contribution in [3.05, 3.63) is 0 Å². The molecule has 1 fully saturated rings. The Morgan fingerprint density at radius 1 is 1.21 bits per heavy atom. The van der Waals surface area contributed by atoms with Crippen molar-refractivity contribution in [2.45, 2.75) is 78.8 Å². The Kier molecular flexibility index (Phi) is 5.48. The predicted molar refractivity (Wildman–Crippen MR) is 85.3 cm³/mol. The van der Waals surface area contributed by atoms with Crippen molar-refractivity contribution in [2.75, 3.05) is 13.6 Å². The summed E-state index contributed by atoms with van der Waals surface area (Å²) < 4.78 is 0. The van der Waals surface area contributed by atoms with E-state index in [-0.39, 0.29) is 5.54 Å². The molecule has 1 aliphatic carbocycles. The molecular formula is C17H36N2. The van der Waals surface area contributed by atoms with Crippen LogP contribution in [0.5, 0.6) is 0 Å². The fourth-order valence-electron chi connectivity index (χ4n) is 4.58. The van der Waals surface area contributed by atoms with Crippen molar-refractivity contribution >= 4 is 0 Å². The van der Waals surface area contributed by atoms with Crippen LogP contribution in [0, 0.1) is 17.3 Å². The van der Waals surface area contributed by atoms with Crippen LogP contribution in [0.3, 0.4) is 0 Å². The molecule has 0 amide bonds. The van der Waals surface area contributed by atoms with Crippen LogP contribution < -0.4 is 5.73 Å². The summed E-state index contributed by atoms with van der Waals surface area (Å²) in [6.45, 7) is 15.0. The molecule has 0 aromatic rings. The summed E-state index contributed by atoms with van der Waals surface area (Å²) in [5.74, 6) is 1.53. The molecule has 1 aliphatic rings. The maximum absolute atomic E-state index is 6.25. The van der Waals surface area contributed by atoms with E-state index in [2.05, 4.69) is 53.5 Å². The van der Waals surface area contributed by atoms with Crippen LogP contribution in [-0.2, 0) is 0 Å². The normalized spacial score (nSPS) is 32.8. The van der Waals surface area contributed by atoms with Gasteiger partial charge in [-0.25, -0.2) is 0 Å². The molecule has 3 atom stereocenters. The van der Waals surface area contributed by atoms with Gasteiger partial charge in [0.05, 0.1) is 0 Å². The minimum atomic E-state index is 0.204. The summed E-state index contributed by atoms with van der Waals surface area (Å²) in [5.41, 5.74) is 6.87. The second-order valence-corrected chi connectivity index (χ2v) is 8.37. The van der Waals surface area contributed by atoms with Gasteiger partial charge in [0.2, 0.25) is 0 Å². The summed E-state index contributed by atoms with van der Waals surface area (Å²) in [6.07, 6.45) is 5.08. The summed E-state index contributed by atoms with van der Waals surface area (Å²) in [6, 6.07) is 0.615. The van der Waals surface area contributed by atoms with Crippen molar-refractivity contribution in [3.63, 3.8) is 0 Å². The van der Waals surface area contributed by atoms with E-state index in [0.717, 1.165) is 18.4 Å². The molecule has 0 bridgehead atoms. The summed E-state index contributed by atoms with van der Waals surface area (Å²) in [7, 11) is 2.30. The summed E-state index contributed by atoms with van der Waals surface area (Å²) in [5, 5.41) is 0. The maximum Gasteiger partial charge on any atom is 0.0339 e.